The Morgan fingerprint density at radius 1 is 1.00 bits per heavy atom. The summed E-state index contributed by atoms with van der Waals surface area (Å²) in [4.78, 5) is 21.8. The van der Waals surface area contributed by atoms with E-state index in [1.807, 2.05) is 31.2 Å². The van der Waals surface area contributed by atoms with Crippen LogP contribution in [0, 0.1) is 10.5 Å². The van der Waals surface area contributed by atoms with Crippen LogP contribution < -0.4 is 0 Å². The zero-order valence-corrected chi connectivity index (χ0v) is 11.5. The first-order valence-electron chi connectivity index (χ1n) is 4.64. The molecule has 0 saturated heterocycles. The second kappa shape index (κ2) is 5.83. The molecule has 0 radical (unpaired) electrons. The second-order valence-electron chi connectivity index (χ2n) is 3.15. The van der Waals surface area contributed by atoms with Crippen LogP contribution in [0.3, 0.4) is 0 Å². The van der Waals surface area contributed by atoms with Gasteiger partial charge in [-0.05, 0) is 0 Å². The number of benzene rings is 1. The van der Waals surface area contributed by atoms with Crippen molar-refractivity contribution >= 4 is 32.6 Å². The van der Waals surface area contributed by atoms with E-state index in [9.17, 15) is 9.59 Å². The predicted molar refractivity (Wildman–Crippen MR) is 67.4 cm³/mol. The van der Waals surface area contributed by atoms with Crippen molar-refractivity contribution < 1.29 is 15.7 Å². The van der Waals surface area contributed by atoms with Crippen molar-refractivity contribution in [1.29, 1.82) is 0 Å². The molecule has 0 aliphatic heterocycles. The molecule has 0 aliphatic carbocycles. The topological polar surface area (TPSA) is 52.6 Å². The molecular formula is C11H13IO4. The summed E-state index contributed by atoms with van der Waals surface area (Å²) < 4.78 is 10.9. The molecule has 0 aliphatic rings. The van der Waals surface area contributed by atoms with Crippen molar-refractivity contribution in [2.75, 3.05) is 0 Å². The third-order valence-corrected chi connectivity index (χ3v) is 5.32. The number of hydrogen-bond donors (Lipinski definition) is 0. The first kappa shape index (κ1) is 13.0. The molecule has 5 heteroatoms. The van der Waals surface area contributed by atoms with Gasteiger partial charge in [0.1, 0.15) is 0 Å². The molecule has 88 valence electrons. The molecule has 4 nitrogen and oxygen atoms in total. The van der Waals surface area contributed by atoms with Crippen molar-refractivity contribution in [1.82, 2.24) is 0 Å². The first-order valence-corrected chi connectivity index (χ1v) is 7.48. The van der Waals surface area contributed by atoms with Crippen LogP contribution in [0.2, 0.25) is 0 Å². The van der Waals surface area contributed by atoms with Gasteiger partial charge in [-0.25, -0.2) is 0 Å². The standard InChI is InChI=1S/C11H13IO4/c1-8-4-6-11(7-5-8)12(15-9(2)13)16-10(3)14/h4-7H,1-3H3. The molecule has 0 unspecified atom stereocenters. The van der Waals surface area contributed by atoms with Gasteiger partial charge in [0.25, 0.3) is 0 Å². The van der Waals surface area contributed by atoms with Crippen molar-refractivity contribution in [2.24, 2.45) is 0 Å². The van der Waals surface area contributed by atoms with Crippen LogP contribution in [-0.2, 0) is 15.7 Å². The summed E-state index contributed by atoms with van der Waals surface area (Å²) in [6, 6.07) is 7.44. The SMILES string of the molecule is CC(=O)OI(OC(C)=O)c1ccc(C)cc1. The average Bonchev–Trinajstić information content (AvgIpc) is 2.16. The first-order chi connectivity index (χ1) is 7.49. The molecule has 0 spiro atoms. The second-order valence-corrected chi connectivity index (χ2v) is 6.52. The van der Waals surface area contributed by atoms with Crippen LogP contribution >= 0.6 is 20.6 Å². The van der Waals surface area contributed by atoms with Crippen LogP contribution in [-0.4, -0.2) is 11.9 Å². The van der Waals surface area contributed by atoms with Gasteiger partial charge in [0.05, 0.1) is 0 Å². The van der Waals surface area contributed by atoms with Crippen LogP contribution in [0.25, 0.3) is 0 Å². The van der Waals surface area contributed by atoms with E-state index in [1.165, 1.54) is 13.8 Å². The maximum absolute atomic E-state index is 10.9. The summed E-state index contributed by atoms with van der Waals surface area (Å²) in [5.74, 6) is -0.848. The fourth-order valence-electron chi connectivity index (χ4n) is 0.938. The molecule has 0 bridgehead atoms. The van der Waals surface area contributed by atoms with Gasteiger partial charge in [-0.1, -0.05) is 0 Å². The number of hydrogen-bond acceptors (Lipinski definition) is 4. The third kappa shape index (κ3) is 4.18. The van der Waals surface area contributed by atoms with Crippen molar-refractivity contribution in [2.45, 2.75) is 20.8 Å². The molecule has 16 heavy (non-hydrogen) atoms. The number of rotatable bonds is 3. The van der Waals surface area contributed by atoms with E-state index < -0.39 is 32.6 Å². The Kier molecular flexibility index (Phi) is 4.72. The fraction of sp³-hybridized carbons (Fsp3) is 0.273. The van der Waals surface area contributed by atoms with Crippen LogP contribution in [0.15, 0.2) is 24.3 Å². The van der Waals surface area contributed by atoms with E-state index >= 15 is 0 Å². The monoisotopic (exact) mass is 336 g/mol. The third-order valence-electron chi connectivity index (χ3n) is 1.55. The Morgan fingerprint density at radius 2 is 1.44 bits per heavy atom. The van der Waals surface area contributed by atoms with Gasteiger partial charge >= 0.3 is 102 Å². The van der Waals surface area contributed by atoms with Gasteiger partial charge in [-0.15, -0.1) is 0 Å². The summed E-state index contributed by atoms with van der Waals surface area (Å²) in [5, 5.41) is 0. The van der Waals surface area contributed by atoms with Crippen LogP contribution in [0.5, 0.6) is 0 Å². The molecule has 1 aromatic carbocycles. The summed E-state index contributed by atoms with van der Waals surface area (Å²) in [6.07, 6.45) is 0. The minimum atomic E-state index is -2.62. The Bertz CT molecular complexity index is 369. The molecule has 0 amide bonds. The average molecular weight is 336 g/mol. The fourth-order valence-corrected chi connectivity index (χ4v) is 3.61. The summed E-state index contributed by atoms with van der Waals surface area (Å²) >= 11 is -2.62. The van der Waals surface area contributed by atoms with Crippen molar-refractivity contribution in [3.05, 3.63) is 33.4 Å². The molecule has 0 atom stereocenters. The normalized spacial score (nSPS) is 10.6. The van der Waals surface area contributed by atoms with E-state index in [4.69, 9.17) is 6.13 Å². The molecule has 0 heterocycles. The predicted octanol–water partition coefficient (Wildman–Crippen LogP) is 2.63. The van der Waals surface area contributed by atoms with E-state index in [1.54, 1.807) is 0 Å². The summed E-state index contributed by atoms with van der Waals surface area (Å²) in [6.45, 7) is 4.57. The van der Waals surface area contributed by atoms with Gasteiger partial charge < -0.3 is 0 Å². The summed E-state index contributed by atoms with van der Waals surface area (Å²) in [7, 11) is 0. The van der Waals surface area contributed by atoms with E-state index in [-0.39, 0.29) is 0 Å². The molecule has 1 aromatic rings. The van der Waals surface area contributed by atoms with E-state index in [0.717, 1.165) is 9.13 Å². The zero-order chi connectivity index (χ0) is 12.1. The van der Waals surface area contributed by atoms with Gasteiger partial charge in [-0.2, -0.15) is 0 Å². The Labute approximate surface area is 102 Å². The molecule has 0 N–H and O–H groups in total. The van der Waals surface area contributed by atoms with Gasteiger partial charge in [0.2, 0.25) is 0 Å². The van der Waals surface area contributed by atoms with Crippen LogP contribution in [0.1, 0.15) is 19.4 Å². The number of carbonyl (C=O) groups excluding carboxylic acids is 2. The Morgan fingerprint density at radius 3 is 1.81 bits per heavy atom. The minimum absolute atomic E-state index is 0.424. The number of aryl methyl sites for hydroxylation is 1. The zero-order valence-electron chi connectivity index (χ0n) is 9.32. The molecule has 0 fully saturated rings. The van der Waals surface area contributed by atoms with Gasteiger partial charge in [0, 0.05) is 0 Å². The van der Waals surface area contributed by atoms with Crippen molar-refractivity contribution in [3.63, 3.8) is 0 Å². The van der Waals surface area contributed by atoms with E-state index in [0.29, 0.717) is 0 Å². The molecule has 0 saturated carbocycles. The molecule has 1 rings (SSSR count). The number of halogens is 1. The Hall–Kier alpha value is -1.11. The number of carbonyl (C=O) groups is 2. The van der Waals surface area contributed by atoms with Crippen LogP contribution in [0.4, 0.5) is 0 Å². The van der Waals surface area contributed by atoms with Gasteiger partial charge in [0.15, 0.2) is 0 Å². The molecule has 0 aromatic heterocycles. The van der Waals surface area contributed by atoms with Crippen molar-refractivity contribution in [3.8, 4) is 0 Å². The quantitative estimate of drug-likeness (QED) is 0.797. The molecular weight excluding hydrogens is 323 g/mol. The summed E-state index contributed by atoms with van der Waals surface area (Å²) in [5.41, 5.74) is 1.10. The van der Waals surface area contributed by atoms with Gasteiger partial charge in [-0.3, -0.25) is 0 Å². The maximum atomic E-state index is 10.9. The Balaban J connectivity index is 2.86. The van der Waals surface area contributed by atoms with E-state index in [2.05, 4.69) is 0 Å².